The highest BCUT2D eigenvalue weighted by Gasteiger charge is 2.03. The molecule has 3 rings (SSSR count). The number of halogens is 1. The average Bonchev–Trinajstić information content (AvgIpc) is 2.94. The van der Waals surface area contributed by atoms with Crippen molar-refractivity contribution in [3.63, 3.8) is 0 Å². The number of hydrogen-bond acceptors (Lipinski definition) is 2. The van der Waals surface area contributed by atoms with E-state index in [1.54, 1.807) is 24.4 Å². The minimum Gasteiger partial charge on any atom is -0.334 e. The van der Waals surface area contributed by atoms with Crippen LogP contribution in [0.3, 0.4) is 0 Å². The van der Waals surface area contributed by atoms with Crippen molar-refractivity contribution in [1.82, 2.24) is 15.5 Å². The van der Waals surface area contributed by atoms with E-state index in [0.717, 1.165) is 16.5 Å². The first kappa shape index (κ1) is 13.1. The van der Waals surface area contributed by atoms with Gasteiger partial charge < -0.3 is 10.6 Å². The maximum Gasteiger partial charge on any atom is 0.319 e. The van der Waals surface area contributed by atoms with Gasteiger partial charge in [-0.1, -0.05) is 12.1 Å². The van der Waals surface area contributed by atoms with E-state index in [2.05, 4.69) is 20.8 Å². The molecule has 0 aliphatic carbocycles. The summed E-state index contributed by atoms with van der Waals surface area (Å²) in [6, 6.07) is 11.1. The van der Waals surface area contributed by atoms with Crippen molar-refractivity contribution < 1.29 is 9.18 Å². The minimum absolute atomic E-state index is 0.295. The molecule has 0 spiro atoms. The SMILES string of the molecule is O=C(NCc1ccc(F)cc1)Nc1ccc2[nH]ncc2c1. The van der Waals surface area contributed by atoms with Crippen LogP contribution in [0.2, 0.25) is 0 Å². The summed E-state index contributed by atoms with van der Waals surface area (Å²) < 4.78 is 12.8. The Hall–Kier alpha value is -2.89. The second-order valence-corrected chi connectivity index (χ2v) is 4.61. The second-order valence-electron chi connectivity index (χ2n) is 4.61. The Kier molecular flexibility index (Phi) is 3.51. The van der Waals surface area contributed by atoms with E-state index in [0.29, 0.717) is 12.2 Å². The van der Waals surface area contributed by atoms with Gasteiger partial charge in [0, 0.05) is 17.6 Å². The zero-order valence-corrected chi connectivity index (χ0v) is 11.1. The molecule has 0 saturated heterocycles. The maximum absolute atomic E-state index is 12.8. The summed E-state index contributed by atoms with van der Waals surface area (Å²) >= 11 is 0. The summed E-state index contributed by atoms with van der Waals surface area (Å²) in [5, 5.41) is 13.1. The van der Waals surface area contributed by atoms with E-state index in [1.807, 2.05) is 12.1 Å². The molecule has 6 heteroatoms. The summed E-state index contributed by atoms with van der Waals surface area (Å²) in [5.74, 6) is -0.295. The summed E-state index contributed by atoms with van der Waals surface area (Å²) in [5.41, 5.74) is 2.42. The zero-order valence-electron chi connectivity index (χ0n) is 11.1. The van der Waals surface area contributed by atoms with Crippen molar-refractivity contribution >= 4 is 22.6 Å². The lowest BCUT2D eigenvalue weighted by molar-refractivity contribution is 0.251. The molecule has 2 amide bonds. The second kappa shape index (κ2) is 5.62. The standard InChI is InChI=1S/C15H13FN4O/c16-12-3-1-10(2-4-12)8-17-15(21)19-13-5-6-14-11(7-13)9-18-20-14/h1-7,9H,8H2,(H,18,20)(H2,17,19,21). The fraction of sp³-hybridized carbons (Fsp3) is 0.0667. The Balaban J connectivity index is 1.59. The lowest BCUT2D eigenvalue weighted by atomic mass is 10.2. The number of fused-ring (bicyclic) bond motifs is 1. The number of amides is 2. The van der Waals surface area contributed by atoms with Gasteiger partial charge in [0.2, 0.25) is 0 Å². The third-order valence-corrected chi connectivity index (χ3v) is 3.06. The summed E-state index contributed by atoms with van der Waals surface area (Å²) in [6.45, 7) is 0.333. The van der Waals surface area contributed by atoms with Crippen LogP contribution in [0.5, 0.6) is 0 Å². The molecule has 106 valence electrons. The maximum atomic E-state index is 12.8. The molecule has 5 nitrogen and oxygen atoms in total. The van der Waals surface area contributed by atoms with Gasteiger partial charge in [0.05, 0.1) is 11.7 Å². The lowest BCUT2D eigenvalue weighted by Crippen LogP contribution is -2.28. The average molecular weight is 284 g/mol. The fourth-order valence-electron chi connectivity index (χ4n) is 1.98. The van der Waals surface area contributed by atoms with Crippen molar-refractivity contribution in [1.29, 1.82) is 0 Å². The van der Waals surface area contributed by atoms with Gasteiger partial charge in [0.15, 0.2) is 0 Å². The fourth-order valence-corrected chi connectivity index (χ4v) is 1.98. The van der Waals surface area contributed by atoms with E-state index >= 15 is 0 Å². The molecule has 2 aromatic carbocycles. The first-order valence-electron chi connectivity index (χ1n) is 6.43. The summed E-state index contributed by atoms with van der Waals surface area (Å²) in [6.07, 6.45) is 1.69. The molecule has 1 heterocycles. The molecule has 0 radical (unpaired) electrons. The highest BCUT2D eigenvalue weighted by atomic mass is 19.1. The normalized spacial score (nSPS) is 10.5. The third-order valence-electron chi connectivity index (χ3n) is 3.06. The van der Waals surface area contributed by atoms with Gasteiger partial charge in [-0.3, -0.25) is 5.10 Å². The number of rotatable bonds is 3. The van der Waals surface area contributed by atoms with Gasteiger partial charge in [-0.05, 0) is 35.9 Å². The summed E-state index contributed by atoms with van der Waals surface area (Å²) in [7, 11) is 0. The number of H-pyrrole nitrogens is 1. The molecular formula is C15H13FN4O. The zero-order chi connectivity index (χ0) is 14.7. The highest BCUT2D eigenvalue weighted by molar-refractivity contribution is 5.92. The molecular weight excluding hydrogens is 271 g/mol. The van der Waals surface area contributed by atoms with E-state index in [9.17, 15) is 9.18 Å². The van der Waals surface area contributed by atoms with Gasteiger partial charge in [0.25, 0.3) is 0 Å². The summed E-state index contributed by atoms with van der Waals surface area (Å²) in [4.78, 5) is 11.8. The first-order valence-corrected chi connectivity index (χ1v) is 6.43. The van der Waals surface area contributed by atoms with E-state index in [1.165, 1.54) is 12.1 Å². The number of carbonyl (C=O) groups is 1. The van der Waals surface area contributed by atoms with E-state index < -0.39 is 0 Å². The van der Waals surface area contributed by atoms with Crippen LogP contribution < -0.4 is 10.6 Å². The van der Waals surface area contributed by atoms with Crippen LogP contribution in [-0.2, 0) is 6.54 Å². The number of anilines is 1. The highest BCUT2D eigenvalue weighted by Crippen LogP contribution is 2.16. The number of urea groups is 1. The monoisotopic (exact) mass is 284 g/mol. The molecule has 3 aromatic rings. The molecule has 3 N–H and O–H groups in total. The number of aromatic amines is 1. The van der Waals surface area contributed by atoms with Gasteiger partial charge in [-0.25, -0.2) is 9.18 Å². The van der Waals surface area contributed by atoms with Crippen LogP contribution in [0.25, 0.3) is 10.9 Å². The first-order chi connectivity index (χ1) is 10.2. The molecule has 0 atom stereocenters. The number of hydrogen-bond donors (Lipinski definition) is 3. The number of nitrogens with one attached hydrogen (secondary N) is 3. The minimum atomic E-state index is -0.317. The van der Waals surface area contributed by atoms with Crippen LogP contribution in [0, 0.1) is 5.82 Å². The Labute approximate surface area is 120 Å². The molecule has 0 fully saturated rings. The van der Waals surface area contributed by atoms with Crippen molar-refractivity contribution in [2.45, 2.75) is 6.54 Å². The van der Waals surface area contributed by atoms with Crippen LogP contribution in [0.4, 0.5) is 14.9 Å². The molecule has 0 aliphatic heterocycles. The van der Waals surface area contributed by atoms with Gasteiger partial charge in [-0.2, -0.15) is 5.10 Å². The Bertz CT molecular complexity index is 767. The third kappa shape index (κ3) is 3.17. The van der Waals surface area contributed by atoms with Crippen LogP contribution in [0.1, 0.15) is 5.56 Å². The molecule has 0 saturated carbocycles. The van der Waals surface area contributed by atoms with Gasteiger partial charge in [-0.15, -0.1) is 0 Å². The van der Waals surface area contributed by atoms with E-state index in [4.69, 9.17) is 0 Å². The van der Waals surface area contributed by atoms with Gasteiger partial charge in [0.1, 0.15) is 5.82 Å². The predicted molar refractivity (Wildman–Crippen MR) is 78.4 cm³/mol. The van der Waals surface area contributed by atoms with Crippen molar-refractivity contribution in [3.05, 3.63) is 60.0 Å². The lowest BCUT2D eigenvalue weighted by Gasteiger charge is -2.07. The Morgan fingerprint density at radius 1 is 1.19 bits per heavy atom. The molecule has 1 aromatic heterocycles. The number of carbonyl (C=O) groups excluding carboxylic acids is 1. The number of aromatic nitrogens is 2. The number of benzene rings is 2. The molecule has 21 heavy (non-hydrogen) atoms. The Morgan fingerprint density at radius 3 is 2.81 bits per heavy atom. The smallest absolute Gasteiger partial charge is 0.319 e. The molecule has 0 bridgehead atoms. The topological polar surface area (TPSA) is 69.8 Å². The van der Waals surface area contributed by atoms with Crippen LogP contribution in [-0.4, -0.2) is 16.2 Å². The number of nitrogens with zero attached hydrogens (tertiary/aromatic N) is 1. The molecule has 0 unspecified atom stereocenters. The largest absolute Gasteiger partial charge is 0.334 e. The Morgan fingerprint density at radius 2 is 2.00 bits per heavy atom. The van der Waals surface area contributed by atoms with Crippen molar-refractivity contribution in [2.24, 2.45) is 0 Å². The van der Waals surface area contributed by atoms with Crippen molar-refractivity contribution in [3.8, 4) is 0 Å². The quantitative estimate of drug-likeness (QED) is 0.692. The van der Waals surface area contributed by atoms with Crippen LogP contribution in [0.15, 0.2) is 48.7 Å². The van der Waals surface area contributed by atoms with Crippen LogP contribution >= 0.6 is 0 Å². The molecule has 0 aliphatic rings. The van der Waals surface area contributed by atoms with E-state index in [-0.39, 0.29) is 11.8 Å². The van der Waals surface area contributed by atoms with Crippen molar-refractivity contribution in [2.75, 3.05) is 5.32 Å². The predicted octanol–water partition coefficient (Wildman–Crippen LogP) is 3.02. The van der Waals surface area contributed by atoms with Gasteiger partial charge >= 0.3 is 6.03 Å².